The zero-order valence-corrected chi connectivity index (χ0v) is 8.09. The molecular formula is C4H12PtSi-. The van der Waals surface area contributed by atoms with Crippen molar-refractivity contribution in [3.8, 4) is 0 Å². The Morgan fingerprint density at radius 2 is 1.00 bits per heavy atom. The van der Waals surface area contributed by atoms with E-state index in [9.17, 15) is 0 Å². The van der Waals surface area contributed by atoms with E-state index in [0.29, 0.717) is 0 Å². The molecule has 0 unspecified atom stereocenters. The minimum absolute atomic E-state index is 0. The van der Waals surface area contributed by atoms with E-state index in [-0.39, 0.29) is 37.3 Å². The molecule has 0 saturated heterocycles. The third kappa shape index (κ3) is 91.3. The summed E-state index contributed by atoms with van der Waals surface area (Å²) in [6, 6.07) is 0. The molecule has 0 aliphatic rings. The fourth-order valence-corrected chi connectivity index (χ4v) is 0. The molecule has 0 amide bonds. The fourth-order valence-electron chi connectivity index (χ4n) is 0. The standard InChI is InChI=1S/C3H9Si.CH3.Pt/c1-4(2)3;;/h1-3H3;1H3;/q;-1;. The van der Waals surface area contributed by atoms with Crippen molar-refractivity contribution in [2.75, 3.05) is 0 Å². The Labute approximate surface area is 57.2 Å². The summed E-state index contributed by atoms with van der Waals surface area (Å²) in [7, 11) is 0.120. The first-order chi connectivity index (χ1) is 1.73. The van der Waals surface area contributed by atoms with Crippen molar-refractivity contribution < 1.29 is 21.1 Å². The normalized spacial score (nSPS) is 6.00. The predicted molar refractivity (Wildman–Crippen MR) is 29.8 cm³/mol. The van der Waals surface area contributed by atoms with E-state index in [0.717, 1.165) is 0 Å². The summed E-state index contributed by atoms with van der Waals surface area (Å²) in [6.45, 7) is 6.81. The van der Waals surface area contributed by atoms with E-state index in [1.54, 1.807) is 0 Å². The summed E-state index contributed by atoms with van der Waals surface area (Å²) in [4.78, 5) is 0. The molecule has 0 heterocycles. The molecule has 0 aromatic carbocycles. The first-order valence-corrected chi connectivity index (χ1v) is 4.50. The van der Waals surface area contributed by atoms with Crippen LogP contribution >= 0.6 is 0 Å². The summed E-state index contributed by atoms with van der Waals surface area (Å²) < 4.78 is 0. The van der Waals surface area contributed by atoms with Gasteiger partial charge in [0.05, 0.1) is 0 Å². The van der Waals surface area contributed by atoms with Crippen LogP contribution in [0.2, 0.25) is 19.6 Å². The molecule has 6 heavy (non-hydrogen) atoms. The van der Waals surface area contributed by atoms with Gasteiger partial charge in [0, 0.05) is 29.9 Å². The van der Waals surface area contributed by atoms with Gasteiger partial charge in [-0.15, -0.1) is 0 Å². The molecule has 0 nitrogen and oxygen atoms in total. The number of rotatable bonds is 0. The molecule has 0 saturated carbocycles. The Balaban J connectivity index is -0.0000000450. The summed E-state index contributed by atoms with van der Waals surface area (Å²) in [5.74, 6) is 0. The van der Waals surface area contributed by atoms with Crippen LogP contribution in [0.4, 0.5) is 0 Å². The Morgan fingerprint density at radius 1 is 1.00 bits per heavy atom. The fraction of sp³-hybridized carbons (Fsp3) is 0.750. The Kier molecular flexibility index (Phi) is 24.5. The van der Waals surface area contributed by atoms with E-state index >= 15 is 0 Å². The van der Waals surface area contributed by atoms with Crippen LogP contribution in [0, 0.1) is 7.43 Å². The van der Waals surface area contributed by atoms with Gasteiger partial charge in [-0.3, -0.25) is 0 Å². The maximum absolute atomic E-state index is 2.27. The monoisotopic (exact) mass is 283 g/mol. The topological polar surface area (TPSA) is 0 Å². The maximum Gasteiger partial charge on any atom is 0.0379 e. The molecule has 0 atom stereocenters. The van der Waals surface area contributed by atoms with Crippen LogP contribution in [0.25, 0.3) is 0 Å². The van der Waals surface area contributed by atoms with Crippen LogP contribution in [0.15, 0.2) is 0 Å². The van der Waals surface area contributed by atoms with E-state index < -0.39 is 0 Å². The second-order valence-corrected chi connectivity index (χ2v) is 4.50. The first kappa shape index (κ1) is 15.8. The van der Waals surface area contributed by atoms with E-state index in [1.807, 2.05) is 0 Å². The average molecular weight is 283 g/mol. The number of hydrogen-bond acceptors (Lipinski definition) is 0. The third-order valence-corrected chi connectivity index (χ3v) is 0. The van der Waals surface area contributed by atoms with Gasteiger partial charge in [-0.2, -0.15) is 0 Å². The van der Waals surface area contributed by atoms with Gasteiger partial charge in [0.2, 0.25) is 0 Å². The molecule has 0 fully saturated rings. The predicted octanol–water partition coefficient (Wildman–Crippen LogP) is 1.82. The van der Waals surface area contributed by atoms with E-state index in [4.69, 9.17) is 0 Å². The van der Waals surface area contributed by atoms with Crippen LogP contribution in [0.5, 0.6) is 0 Å². The van der Waals surface area contributed by atoms with Crippen molar-refractivity contribution in [3.05, 3.63) is 7.43 Å². The average Bonchev–Trinajstić information content (AvgIpc) is 0.811. The molecule has 0 aromatic heterocycles. The van der Waals surface area contributed by atoms with Gasteiger partial charge in [0.25, 0.3) is 0 Å². The summed E-state index contributed by atoms with van der Waals surface area (Å²) in [5.41, 5.74) is 0. The van der Waals surface area contributed by atoms with Crippen molar-refractivity contribution in [2.24, 2.45) is 0 Å². The van der Waals surface area contributed by atoms with Gasteiger partial charge in [0.15, 0.2) is 0 Å². The Hall–Kier alpha value is 0.905. The zero-order chi connectivity index (χ0) is 3.58. The smallest absolute Gasteiger partial charge is 0.0379 e. The third-order valence-electron chi connectivity index (χ3n) is 0. The van der Waals surface area contributed by atoms with Gasteiger partial charge >= 0.3 is 0 Å². The van der Waals surface area contributed by atoms with Gasteiger partial charge in [-0.05, 0) is 0 Å². The second-order valence-electron chi connectivity index (χ2n) is 1.50. The van der Waals surface area contributed by atoms with E-state index in [1.165, 1.54) is 0 Å². The Morgan fingerprint density at radius 3 is 1.00 bits per heavy atom. The van der Waals surface area contributed by atoms with Gasteiger partial charge < -0.3 is 7.43 Å². The van der Waals surface area contributed by atoms with Crippen LogP contribution in [0.1, 0.15) is 0 Å². The zero-order valence-electron chi connectivity index (χ0n) is 4.82. The molecule has 0 aromatic rings. The molecule has 0 bridgehead atoms. The molecule has 0 spiro atoms. The van der Waals surface area contributed by atoms with Gasteiger partial charge in [-0.25, -0.2) is 0 Å². The van der Waals surface area contributed by atoms with Crippen molar-refractivity contribution in [3.63, 3.8) is 0 Å². The SMILES string of the molecule is C[Si](C)C.[CH3-].[Pt]. The van der Waals surface area contributed by atoms with Crippen LogP contribution in [-0.4, -0.2) is 8.80 Å². The first-order valence-electron chi connectivity index (χ1n) is 1.50. The second kappa shape index (κ2) is 9.32. The largest absolute Gasteiger partial charge is 0.358 e. The molecule has 43 valence electrons. The molecule has 0 rings (SSSR count). The summed E-state index contributed by atoms with van der Waals surface area (Å²) >= 11 is 0. The van der Waals surface area contributed by atoms with Crippen LogP contribution in [-0.2, 0) is 21.1 Å². The Bertz CT molecular complexity index is 12.3. The van der Waals surface area contributed by atoms with Crippen molar-refractivity contribution in [1.82, 2.24) is 0 Å². The van der Waals surface area contributed by atoms with Gasteiger partial charge in [0.1, 0.15) is 0 Å². The van der Waals surface area contributed by atoms with Crippen LogP contribution in [0.3, 0.4) is 0 Å². The van der Waals surface area contributed by atoms with Crippen molar-refractivity contribution in [2.45, 2.75) is 19.6 Å². The molecule has 2 heteroatoms. The minimum atomic E-state index is 0. The molecule has 0 aliphatic heterocycles. The maximum atomic E-state index is 2.27. The molecular weight excluding hydrogens is 271 g/mol. The quantitative estimate of drug-likeness (QED) is 0.470. The van der Waals surface area contributed by atoms with Crippen molar-refractivity contribution in [1.29, 1.82) is 0 Å². The molecule has 1 radical (unpaired) electrons. The number of hydrogen-bond donors (Lipinski definition) is 0. The minimum Gasteiger partial charge on any atom is -0.358 e. The van der Waals surface area contributed by atoms with Gasteiger partial charge in [-0.1, -0.05) is 19.6 Å². The van der Waals surface area contributed by atoms with Crippen molar-refractivity contribution >= 4 is 8.80 Å². The summed E-state index contributed by atoms with van der Waals surface area (Å²) in [6.07, 6.45) is 0. The molecule has 0 aliphatic carbocycles. The summed E-state index contributed by atoms with van der Waals surface area (Å²) in [5, 5.41) is 0. The molecule has 0 N–H and O–H groups in total. The van der Waals surface area contributed by atoms with E-state index in [2.05, 4.69) is 19.6 Å². The van der Waals surface area contributed by atoms with Crippen LogP contribution < -0.4 is 0 Å².